The molecule has 0 saturated heterocycles. The summed E-state index contributed by atoms with van der Waals surface area (Å²) in [5, 5.41) is 25.2. The Bertz CT molecular complexity index is 964. The Morgan fingerprint density at radius 3 is 2.44 bits per heavy atom. The van der Waals surface area contributed by atoms with Crippen molar-refractivity contribution in [3.63, 3.8) is 0 Å². The highest BCUT2D eigenvalue weighted by Crippen LogP contribution is 2.32. The van der Waals surface area contributed by atoms with Crippen LogP contribution in [0.1, 0.15) is 68.2 Å². The van der Waals surface area contributed by atoms with Gasteiger partial charge in [-0.15, -0.1) is 0 Å². The second-order valence-corrected chi connectivity index (χ2v) is 9.40. The number of ether oxygens (including phenoxy) is 1. The fraction of sp³-hybridized carbons (Fsp3) is 0.462. The van der Waals surface area contributed by atoms with E-state index in [2.05, 4.69) is 16.7 Å². The van der Waals surface area contributed by atoms with Crippen molar-refractivity contribution in [2.45, 2.75) is 63.9 Å². The largest absolute Gasteiger partial charge is 0.497 e. The van der Waals surface area contributed by atoms with Crippen LogP contribution in [0.5, 0.6) is 5.75 Å². The van der Waals surface area contributed by atoms with Gasteiger partial charge in [-0.05, 0) is 60.4 Å². The SMILES string of the molecule is COc1ccc(C(CC(=O)N[C@@H](CC(C)C)B(O)O)NC(=O)[C@H]2CCCc3ccccc32)cc1. The van der Waals surface area contributed by atoms with Gasteiger partial charge in [-0.2, -0.15) is 0 Å². The van der Waals surface area contributed by atoms with Crippen molar-refractivity contribution in [3.05, 3.63) is 65.2 Å². The van der Waals surface area contributed by atoms with E-state index < -0.39 is 19.1 Å². The van der Waals surface area contributed by atoms with E-state index in [1.54, 1.807) is 19.2 Å². The first kappa shape index (κ1) is 25.8. The van der Waals surface area contributed by atoms with Crippen LogP contribution >= 0.6 is 0 Å². The van der Waals surface area contributed by atoms with Crippen molar-refractivity contribution in [2.75, 3.05) is 7.11 Å². The van der Waals surface area contributed by atoms with E-state index in [4.69, 9.17) is 4.74 Å². The molecule has 4 N–H and O–H groups in total. The molecule has 182 valence electrons. The second-order valence-electron chi connectivity index (χ2n) is 9.40. The van der Waals surface area contributed by atoms with Crippen molar-refractivity contribution in [3.8, 4) is 5.75 Å². The average Bonchev–Trinajstić information content (AvgIpc) is 2.82. The maximum Gasteiger partial charge on any atom is 0.475 e. The first-order valence-electron chi connectivity index (χ1n) is 12.0. The molecule has 34 heavy (non-hydrogen) atoms. The Hall–Kier alpha value is -2.84. The molecule has 2 aromatic rings. The third-order valence-corrected chi connectivity index (χ3v) is 6.34. The van der Waals surface area contributed by atoms with Gasteiger partial charge in [0.25, 0.3) is 0 Å². The molecule has 0 heterocycles. The summed E-state index contributed by atoms with van der Waals surface area (Å²) in [4.78, 5) is 26.3. The number of carbonyl (C=O) groups is 2. The first-order chi connectivity index (χ1) is 16.3. The van der Waals surface area contributed by atoms with Gasteiger partial charge in [0.05, 0.1) is 31.4 Å². The Labute approximate surface area is 202 Å². The summed E-state index contributed by atoms with van der Waals surface area (Å²) < 4.78 is 5.24. The van der Waals surface area contributed by atoms with E-state index in [9.17, 15) is 19.6 Å². The smallest absolute Gasteiger partial charge is 0.475 e. The van der Waals surface area contributed by atoms with Crippen LogP contribution in [0.15, 0.2) is 48.5 Å². The van der Waals surface area contributed by atoms with Gasteiger partial charge < -0.3 is 25.4 Å². The highest BCUT2D eigenvalue weighted by atomic mass is 16.5. The zero-order chi connectivity index (χ0) is 24.7. The number of amides is 2. The van der Waals surface area contributed by atoms with Crippen molar-refractivity contribution >= 4 is 18.9 Å². The molecular weight excluding hydrogens is 431 g/mol. The van der Waals surface area contributed by atoms with Crippen LogP contribution in [0.25, 0.3) is 0 Å². The van der Waals surface area contributed by atoms with Crippen LogP contribution in [0, 0.1) is 5.92 Å². The lowest BCUT2D eigenvalue weighted by Gasteiger charge is -2.28. The van der Waals surface area contributed by atoms with Crippen LogP contribution in [0.2, 0.25) is 0 Å². The number of aryl methyl sites for hydroxylation is 1. The van der Waals surface area contributed by atoms with E-state index in [0.29, 0.717) is 12.2 Å². The number of carbonyl (C=O) groups excluding carboxylic acids is 2. The van der Waals surface area contributed by atoms with E-state index in [1.807, 2.05) is 44.2 Å². The lowest BCUT2D eigenvalue weighted by Crippen LogP contribution is -2.48. The quantitative estimate of drug-likeness (QED) is 0.403. The molecule has 0 aliphatic heterocycles. The molecule has 1 aliphatic rings. The fourth-order valence-corrected chi connectivity index (χ4v) is 4.60. The Kier molecular flexibility index (Phi) is 9.13. The average molecular weight is 466 g/mol. The standard InChI is InChI=1S/C26H35BN2O5/c1-17(2)15-24(27(32)33)29-25(30)16-23(19-11-13-20(34-3)14-12-19)28-26(31)22-10-6-8-18-7-4-5-9-21(18)22/h4-5,7,9,11-14,17,22-24,32-33H,6,8,10,15-16H2,1-3H3,(H,28,31)(H,29,30)/t22-,23?,24-/m0/s1. The van der Waals surface area contributed by atoms with Crippen molar-refractivity contribution in [1.29, 1.82) is 0 Å². The van der Waals surface area contributed by atoms with Gasteiger partial charge in [0, 0.05) is 0 Å². The van der Waals surface area contributed by atoms with Gasteiger partial charge >= 0.3 is 7.12 Å². The predicted molar refractivity (Wildman–Crippen MR) is 132 cm³/mol. The molecule has 0 spiro atoms. The summed E-state index contributed by atoms with van der Waals surface area (Å²) in [6, 6.07) is 14.7. The van der Waals surface area contributed by atoms with E-state index in [0.717, 1.165) is 30.4 Å². The molecule has 3 rings (SSSR count). The molecule has 0 saturated carbocycles. The van der Waals surface area contributed by atoms with Crippen molar-refractivity contribution in [1.82, 2.24) is 10.6 Å². The fourth-order valence-electron chi connectivity index (χ4n) is 4.60. The Morgan fingerprint density at radius 2 is 1.79 bits per heavy atom. The number of nitrogens with one attached hydrogen (secondary N) is 2. The van der Waals surface area contributed by atoms with E-state index >= 15 is 0 Å². The number of rotatable bonds is 10. The van der Waals surface area contributed by atoms with Gasteiger partial charge in [-0.3, -0.25) is 9.59 Å². The van der Waals surface area contributed by atoms with Crippen molar-refractivity contribution < 1.29 is 24.4 Å². The molecule has 2 aromatic carbocycles. The highest BCUT2D eigenvalue weighted by Gasteiger charge is 2.30. The summed E-state index contributed by atoms with van der Waals surface area (Å²) in [5.74, 6) is -0.646. The summed E-state index contributed by atoms with van der Waals surface area (Å²) in [6.45, 7) is 3.90. The maximum absolute atomic E-state index is 13.4. The molecule has 7 nitrogen and oxygen atoms in total. The molecular formula is C26H35BN2O5. The van der Waals surface area contributed by atoms with Crippen LogP contribution in [0.3, 0.4) is 0 Å². The monoisotopic (exact) mass is 466 g/mol. The first-order valence-corrected chi connectivity index (χ1v) is 12.0. The van der Waals surface area contributed by atoms with Crippen LogP contribution in [0.4, 0.5) is 0 Å². The van der Waals surface area contributed by atoms with E-state index in [1.165, 1.54) is 5.56 Å². The highest BCUT2D eigenvalue weighted by molar-refractivity contribution is 6.43. The topological polar surface area (TPSA) is 108 Å². The van der Waals surface area contributed by atoms with Crippen LogP contribution in [-0.2, 0) is 16.0 Å². The second kappa shape index (κ2) is 12.0. The molecule has 1 unspecified atom stereocenters. The molecule has 2 amide bonds. The molecule has 0 bridgehead atoms. The van der Waals surface area contributed by atoms with Crippen LogP contribution in [-0.4, -0.2) is 42.0 Å². The number of methoxy groups -OCH3 is 1. The van der Waals surface area contributed by atoms with Gasteiger partial charge in [-0.25, -0.2) is 0 Å². The number of benzene rings is 2. The third-order valence-electron chi connectivity index (χ3n) is 6.34. The Balaban J connectivity index is 1.78. The number of fused-ring (bicyclic) bond motifs is 1. The molecule has 0 radical (unpaired) electrons. The lowest BCUT2D eigenvalue weighted by atomic mass is 9.75. The zero-order valence-corrected chi connectivity index (χ0v) is 20.2. The van der Waals surface area contributed by atoms with Gasteiger partial charge in [0.1, 0.15) is 5.75 Å². The zero-order valence-electron chi connectivity index (χ0n) is 20.2. The van der Waals surface area contributed by atoms with E-state index in [-0.39, 0.29) is 30.1 Å². The number of hydrogen-bond donors (Lipinski definition) is 4. The third kappa shape index (κ3) is 6.84. The molecule has 0 aromatic heterocycles. The summed E-state index contributed by atoms with van der Waals surface area (Å²) in [5.41, 5.74) is 3.02. The normalized spacial score (nSPS) is 16.8. The summed E-state index contributed by atoms with van der Waals surface area (Å²) >= 11 is 0. The maximum atomic E-state index is 13.4. The minimum Gasteiger partial charge on any atom is -0.497 e. The van der Waals surface area contributed by atoms with Gasteiger partial charge in [-0.1, -0.05) is 50.2 Å². The molecule has 3 atom stereocenters. The summed E-state index contributed by atoms with van der Waals surface area (Å²) in [6.07, 6.45) is 3.08. The minimum absolute atomic E-state index is 0.0201. The number of hydrogen-bond acceptors (Lipinski definition) is 5. The lowest BCUT2D eigenvalue weighted by molar-refractivity contribution is -0.125. The van der Waals surface area contributed by atoms with Crippen molar-refractivity contribution in [2.24, 2.45) is 5.92 Å². The Morgan fingerprint density at radius 1 is 1.09 bits per heavy atom. The van der Waals surface area contributed by atoms with Gasteiger partial charge in [0.2, 0.25) is 11.8 Å². The summed E-state index contributed by atoms with van der Waals surface area (Å²) in [7, 11) is -0.0729. The molecule has 1 aliphatic carbocycles. The van der Waals surface area contributed by atoms with Gasteiger partial charge in [0.15, 0.2) is 0 Å². The molecule has 8 heteroatoms. The minimum atomic E-state index is -1.65. The van der Waals surface area contributed by atoms with Crippen LogP contribution < -0.4 is 15.4 Å². The molecule has 0 fully saturated rings. The predicted octanol–water partition coefficient (Wildman–Crippen LogP) is 2.91.